The Kier molecular flexibility index (Phi) is 6.69. The first kappa shape index (κ1) is 24.3. The lowest BCUT2D eigenvalue weighted by Gasteiger charge is -2.15. The SMILES string of the molecule is Cc1ccc(OCCn2cc(/C=C3\NC(=S)N(c4ccc(C)c(C)c4)C3=O)c3cc(Br)ccc32)cc1. The topological polar surface area (TPSA) is 46.5 Å². The van der Waals surface area contributed by atoms with E-state index < -0.39 is 0 Å². The fourth-order valence-electron chi connectivity index (χ4n) is 4.28. The molecule has 0 spiro atoms. The summed E-state index contributed by atoms with van der Waals surface area (Å²) in [5.41, 5.74) is 6.70. The van der Waals surface area contributed by atoms with Crippen molar-refractivity contribution in [1.29, 1.82) is 0 Å². The number of fused-ring (bicyclic) bond motifs is 1. The molecule has 0 bridgehead atoms. The quantitative estimate of drug-likeness (QED) is 0.211. The molecule has 0 unspecified atom stereocenters. The highest BCUT2D eigenvalue weighted by Crippen LogP contribution is 2.29. The zero-order valence-corrected chi connectivity index (χ0v) is 22.7. The maximum Gasteiger partial charge on any atom is 0.281 e. The number of hydrogen-bond acceptors (Lipinski definition) is 3. The van der Waals surface area contributed by atoms with E-state index in [2.05, 4.69) is 51.1 Å². The number of rotatable bonds is 6. The van der Waals surface area contributed by atoms with Crippen molar-refractivity contribution in [2.24, 2.45) is 0 Å². The van der Waals surface area contributed by atoms with Crippen LogP contribution < -0.4 is 15.0 Å². The number of aryl methyl sites for hydroxylation is 3. The molecule has 5 rings (SSSR count). The van der Waals surface area contributed by atoms with Gasteiger partial charge in [-0.05, 0) is 92.7 Å². The molecule has 7 heteroatoms. The van der Waals surface area contributed by atoms with Crippen LogP contribution in [0.15, 0.2) is 77.0 Å². The lowest BCUT2D eigenvalue weighted by Crippen LogP contribution is -2.30. The third-order valence-electron chi connectivity index (χ3n) is 6.42. The summed E-state index contributed by atoms with van der Waals surface area (Å²) < 4.78 is 9.08. The van der Waals surface area contributed by atoms with Crippen LogP contribution in [-0.4, -0.2) is 22.2 Å². The lowest BCUT2D eigenvalue weighted by atomic mass is 10.1. The van der Waals surface area contributed by atoms with Crippen molar-refractivity contribution in [2.45, 2.75) is 27.3 Å². The minimum atomic E-state index is -0.165. The number of aromatic nitrogens is 1. The molecule has 0 atom stereocenters. The van der Waals surface area contributed by atoms with Gasteiger partial charge in [0.05, 0.1) is 12.2 Å². The van der Waals surface area contributed by atoms with Gasteiger partial charge >= 0.3 is 0 Å². The van der Waals surface area contributed by atoms with Crippen LogP contribution in [0.4, 0.5) is 5.69 Å². The summed E-state index contributed by atoms with van der Waals surface area (Å²) in [4.78, 5) is 14.9. The summed E-state index contributed by atoms with van der Waals surface area (Å²) in [6.45, 7) is 7.33. The molecule has 1 aromatic heterocycles. The van der Waals surface area contributed by atoms with Gasteiger partial charge in [-0.25, -0.2) is 0 Å². The van der Waals surface area contributed by atoms with E-state index in [9.17, 15) is 4.79 Å². The first-order valence-corrected chi connectivity index (χ1v) is 12.9. The second-order valence-corrected chi connectivity index (χ2v) is 10.3. The highest BCUT2D eigenvalue weighted by Gasteiger charge is 2.32. The Labute approximate surface area is 224 Å². The van der Waals surface area contributed by atoms with Gasteiger partial charge in [0.15, 0.2) is 5.11 Å². The van der Waals surface area contributed by atoms with Crippen molar-refractivity contribution < 1.29 is 9.53 Å². The van der Waals surface area contributed by atoms with Crippen LogP contribution in [0.3, 0.4) is 0 Å². The summed E-state index contributed by atoms with van der Waals surface area (Å²) in [5, 5.41) is 4.54. The highest BCUT2D eigenvalue weighted by atomic mass is 79.9. The summed E-state index contributed by atoms with van der Waals surface area (Å²) in [7, 11) is 0. The molecule has 2 heterocycles. The van der Waals surface area contributed by atoms with Gasteiger partial charge in [-0.15, -0.1) is 0 Å². The van der Waals surface area contributed by atoms with Crippen LogP contribution >= 0.6 is 28.1 Å². The Bertz CT molecular complexity index is 1520. The Morgan fingerprint density at radius 1 is 1.00 bits per heavy atom. The average molecular weight is 561 g/mol. The van der Waals surface area contributed by atoms with Crippen molar-refractivity contribution in [1.82, 2.24) is 9.88 Å². The van der Waals surface area contributed by atoms with Gasteiger partial charge in [0.1, 0.15) is 18.1 Å². The number of benzene rings is 3. The zero-order valence-electron chi connectivity index (χ0n) is 20.3. The monoisotopic (exact) mass is 559 g/mol. The van der Waals surface area contributed by atoms with E-state index in [0.717, 1.165) is 37.9 Å². The predicted octanol–water partition coefficient (Wildman–Crippen LogP) is 6.67. The van der Waals surface area contributed by atoms with Crippen molar-refractivity contribution >= 4 is 61.8 Å². The minimum absolute atomic E-state index is 0.165. The first-order chi connectivity index (χ1) is 17.3. The van der Waals surface area contributed by atoms with Gasteiger partial charge in [0.25, 0.3) is 5.91 Å². The Balaban J connectivity index is 1.43. The number of nitrogens with one attached hydrogen (secondary N) is 1. The molecule has 4 aromatic rings. The average Bonchev–Trinajstić information content (AvgIpc) is 3.32. The van der Waals surface area contributed by atoms with Crippen molar-refractivity contribution in [3.05, 3.63) is 99.3 Å². The molecular formula is C29H26BrN3O2S. The van der Waals surface area contributed by atoms with E-state index in [-0.39, 0.29) is 5.91 Å². The highest BCUT2D eigenvalue weighted by molar-refractivity contribution is 9.10. The van der Waals surface area contributed by atoms with Crippen LogP contribution in [0.25, 0.3) is 17.0 Å². The molecule has 1 saturated heterocycles. The second-order valence-electron chi connectivity index (χ2n) is 9.00. The number of amides is 1. The largest absolute Gasteiger partial charge is 0.492 e. The van der Waals surface area contributed by atoms with Gasteiger partial charge in [-0.3, -0.25) is 9.69 Å². The van der Waals surface area contributed by atoms with E-state index in [1.165, 1.54) is 11.1 Å². The molecule has 1 aliphatic heterocycles. The summed E-state index contributed by atoms with van der Waals surface area (Å²) in [5.74, 6) is 0.685. The van der Waals surface area contributed by atoms with Crippen LogP contribution in [0, 0.1) is 20.8 Å². The van der Waals surface area contributed by atoms with Gasteiger partial charge in [-0.2, -0.15) is 0 Å². The first-order valence-electron chi connectivity index (χ1n) is 11.7. The maximum absolute atomic E-state index is 13.4. The summed E-state index contributed by atoms with van der Waals surface area (Å²) >= 11 is 9.11. The van der Waals surface area contributed by atoms with Crippen LogP contribution in [0.5, 0.6) is 5.75 Å². The fourth-order valence-corrected chi connectivity index (χ4v) is 4.94. The minimum Gasteiger partial charge on any atom is -0.492 e. The Morgan fingerprint density at radius 2 is 1.78 bits per heavy atom. The van der Waals surface area contributed by atoms with Crippen molar-refractivity contribution in [2.75, 3.05) is 11.5 Å². The van der Waals surface area contributed by atoms with Gasteiger partial charge in [0, 0.05) is 27.1 Å². The molecule has 36 heavy (non-hydrogen) atoms. The third kappa shape index (κ3) is 4.81. The molecule has 0 radical (unpaired) electrons. The lowest BCUT2D eigenvalue weighted by molar-refractivity contribution is -0.113. The van der Waals surface area contributed by atoms with Gasteiger partial charge < -0.3 is 14.6 Å². The van der Waals surface area contributed by atoms with E-state index in [1.54, 1.807) is 4.90 Å². The number of carbonyl (C=O) groups is 1. The summed E-state index contributed by atoms with van der Waals surface area (Å²) in [6.07, 6.45) is 3.93. The number of thiocarbonyl (C=S) groups is 1. The zero-order chi connectivity index (χ0) is 25.4. The van der Waals surface area contributed by atoms with Crippen molar-refractivity contribution in [3.63, 3.8) is 0 Å². The Hall–Kier alpha value is -3.42. The van der Waals surface area contributed by atoms with E-state index >= 15 is 0 Å². The Morgan fingerprint density at radius 3 is 2.53 bits per heavy atom. The normalized spacial score (nSPS) is 14.7. The molecule has 0 saturated carbocycles. The number of halogens is 1. The number of hydrogen-bond donors (Lipinski definition) is 1. The number of nitrogens with zero attached hydrogens (tertiary/aromatic N) is 2. The molecule has 1 amide bonds. The number of ether oxygens (including phenoxy) is 1. The van der Waals surface area contributed by atoms with Crippen molar-refractivity contribution in [3.8, 4) is 5.75 Å². The molecule has 3 aromatic carbocycles. The van der Waals surface area contributed by atoms with E-state index in [4.69, 9.17) is 17.0 Å². The van der Waals surface area contributed by atoms with E-state index in [0.29, 0.717) is 24.0 Å². The molecule has 1 N–H and O–H groups in total. The molecule has 182 valence electrons. The predicted molar refractivity (Wildman–Crippen MR) is 153 cm³/mol. The summed E-state index contributed by atoms with van der Waals surface area (Å²) in [6, 6.07) is 20.1. The number of anilines is 1. The van der Waals surface area contributed by atoms with E-state index in [1.807, 2.05) is 68.5 Å². The molecule has 5 nitrogen and oxygen atoms in total. The molecular weight excluding hydrogens is 534 g/mol. The second kappa shape index (κ2) is 9.91. The third-order valence-corrected chi connectivity index (χ3v) is 7.20. The number of carbonyl (C=O) groups excluding carboxylic acids is 1. The maximum atomic E-state index is 13.4. The molecule has 1 fully saturated rings. The van der Waals surface area contributed by atoms with Crippen LogP contribution in [0.1, 0.15) is 22.3 Å². The van der Waals surface area contributed by atoms with Gasteiger partial charge in [-0.1, -0.05) is 39.7 Å². The van der Waals surface area contributed by atoms with Crippen LogP contribution in [0.2, 0.25) is 0 Å². The van der Waals surface area contributed by atoms with Gasteiger partial charge in [0.2, 0.25) is 0 Å². The molecule has 1 aliphatic rings. The standard InChI is InChI=1S/C29H26BrN3O2S/c1-18-4-9-24(10-5-18)35-13-12-32-17-21(25-16-22(30)7-11-27(25)32)15-26-28(34)33(29(36)31-26)23-8-6-19(2)20(3)14-23/h4-11,14-17H,12-13H2,1-3H3,(H,31,36)/b26-15-. The fraction of sp³-hybridized carbons (Fsp3) is 0.172. The molecule has 0 aliphatic carbocycles. The smallest absolute Gasteiger partial charge is 0.281 e. The van der Waals surface area contributed by atoms with Crippen LogP contribution in [-0.2, 0) is 11.3 Å².